The topological polar surface area (TPSA) is 120 Å². The summed E-state index contributed by atoms with van der Waals surface area (Å²) in [5, 5.41) is 3.67. The van der Waals surface area contributed by atoms with E-state index in [-0.39, 0.29) is 13.2 Å². The number of azide groups is 1. The molecule has 160 valence electrons. The Kier molecular flexibility index (Phi) is 7.78. The van der Waals surface area contributed by atoms with Crippen LogP contribution in [0.25, 0.3) is 10.4 Å². The molecular formula is C22H21N3O6. The van der Waals surface area contributed by atoms with Crippen LogP contribution in [0.5, 0.6) is 0 Å². The highest BCUT2D eigenvalue weighted by Crippen LogP contribution is 2.26. The van der Waals surface area contributed by atoms with Gasteiger partial charge in [0.15, 0.2) is 18.5 Å². The van der Waals surface area contributed by atoms with Gasteiger partial charge in [0, 0.05) is 4.91 Å². The first-order chi connectivity index (χ1) is 15.1. The van der Waals surface area contributed by atoms with E-state index in [2.05, 4.69) is 16.6 Å². The molecule has 3 rings (SSSR count). The Morgan fingerprint density at radius 2 is 1.58 bits per heavy atom. The quantitative estimate of drug-likeness (QED) is 0.210. The van der Waals surface area contributed by atoms with Crippen molar-refractivity contribution in [3.63, 3.8) is 0 Å². The van der Waals surface area contributed by atoms with Crippen LogP contribution in [0.15, 0.2) is 78.4 Å². The van der Waals surface area contributed by atoms with Gasteiger partial charge >= 0.3 is 11.9 Å². The molecule has 0 saturated carbocycles. The lowest BCUT2D eigenvalue weighted by Crippen LogP contribution is -2.56. The molecule has 9 nitrogen and oxygen atoms in total. The van der Waals surface area contributed by atoms with E-state index in [0.29, 0.717) is 11.1 Å². The smallest absolute Gasteiger partial charge is 0.338 e. The predicted molar refractivity (Wildman–Crippen MR) is 110 cm³/mol. The monoisotopic (exact) mass is 423 g/mol. The largest absolute Gasteiger partial charge is 0.454 e. The minimum absolute atomic E-state index is 0.0853. The molecular weight excluding hydrogens is 402 g/mol. The number of nitrogens with zero attached hydrogens (tertiary/aromatic N) is 3. The summed E-state index contributed by atoms with van der Waals surface area (Å²) < 4.78 is 22.5. The van der Waals surface area contributed by atoms with Gasteiger partial charge in [0.05, 0.1) is 24.3 Å². The summed E-state index contributed by atoms with van der Waals surface area (Å²) in [6.07, 6.45) is -1.85. The van der Waals surface area contributed by atoms with Crippen LogP contribution in [0.2, 0.25) is 0 Å². The van der Waals surface area contributed by atoms with Gasteiger partial charge < -0.3 is 18.9 Å². The Balaban J connectivity index is 1.89. The molecule has 1 aliphatic rings. The molecule has 0 amide bonds. The lowest BCUT2D eigenvalue weighted by Gasteiger charge is -2.39. The number of rotatable bonds is 8. The molecule has 0 aromatic heterocycles. The maximum atomic E-state index is 12.7. The zero-order valence-electron chi connectivity index (χ0n) is 16.6. The molecule has 1 saturated heterocycles. The molecule has 4 atom stereocenters. The number of hydrogen-bond acceptors (Lipinski definition) is 7. The summed E-state index contributed by atoms with van der Waals surface area (Å²) in [5.41, 5.74) is 9.54. The normalized spacial score (nSPS) is 22.6. The molecule has 2 aromatic carbocycles. The van der Waals surface area contributed by atoms with Crippen LogP contribution < -0.4 is 0 Å². The summed E-state index contributed by atoms with van der Waals surface area (Å²) >= 11 is 0. The van der Waals surface area contributed by atoms with E-state index in [0.717, 1.165) is 0 Å². The summed E-state index contributed by atoms with van der Waals surface area (Å²) in [7, 11) is 0. The first kappa shape index (κ1) is 22.0. The summed E-state index contributed by atoms with van der Waals surface area (Å²) in [6, 6.07) is 15.7. The molecule has 1 heterocycles. The van der Waals surface area contributed by atoms with Gasteiger partial charge in [-0.25, -0.2) is 9.59 Å². The fourth-order valence-electron chi connectivity index (χ4n) is 3.03. The fraction of sp³-hybridized carbons (Fsp3) is 0.273. The van der Waals surface area contributed by atoms with Crippen molar-refractivity contribution in [3.05, 3.63) is 94.9 Å². The Bertz CT molecular complexity index is 946. The van der Waals surface area contributed by atoms with Crippen LogP contribution in [-0.4, -0.2) is 49.7 Å². The predicted octanol–water partition coefficient (Wildman–Crippen LogP) is 3.68. The first-order valence-corrected chi connectivity index (χ1v) is 9.54. The molecule has 1 unspecified atom stereocenters. The van der Waals surface area contributed by atoms with Crippen LogP contribution in [-0.2, 0) is 18.9 Å². The van der Waals surface area contributed by atoms with Gasteiger partial charge in [-0.15, -0.1) is 6.58 Å². The minimum Gasteiger partial charge on any atom is -0.454 e. The molecule has 9 heteroatoms. The highest BCUT2D eigenvalue weighted by molar-refractivity contribution is 5.90. The van der Waals surface area contributed by atoms with E-state index in [9.17, 15) is 9.59 Å². The standard InChI is InChI=1S/C22H21N3O6/c1-2-13-28-22-19(31-21(27)16-11-7-4-8-12-16)18(17(14-29-22)24-25-23)30-20(26)15-9-5-3-6-10-15/h2-12,17-19,22H,1,13-14H2/t17-,18+,19?,22+/m0/s1. The van der Waals surface area contributed by atoms with Gasteiger partial charge in [0.2, 0.25) is 0 Å². The summed E-state index contributed by atoms with van der Waals surface area (Å²) in [6.45, 7) is 3.61. The highest BCUT2D eigenvalue weighted by atomic mass is 16.7. The second kappa shape index (κ2) is 10.9. The Morgan fingerprint density at radius 3 is 2.10 bits per heavy atom. The molecule has 1 aliphatic heterocycles. The molecule has 2 aromatic rings. The van der Waals surface area contributed by atoms with Gasteiger partial charge in [-0.2, -0.15) is 0 Å². The average Bonchev–Trinajstić information content (AvgIpc) is 2.81. The number of benzene rings is 2. The maximum Gasteiger partial charge on any atom is 0.338 e. The van der Waals surface area contributed by atoms with E-state index < -0.39 is 36.5 Å². The Hall–Kier alpha value is -3.65. The van der Waals surface area contributed by atoms with Crippen molar-refractivity contribution >= 4 is 11.9 Å². The van der Waals surface area contributed by atoms with E-state index in [1.165, 1.54) is 6.08 Å². The van der Waals surface area contributed by atoms with Crippen molar-refractivity contribution in [1.29, 1.82) is 0 Å². The Labute approximate surface area is 178 Å². The van der Waals surface area contributed by atoms with Gasteiger partial charge in [-0.3, -0.25) is 0 Å². The van der Waals surface area contributed by atoms with Crippen molar-refractivity contribution in [2.75, 3.05) is 13.2 Å². The highest BCUT2D eigenvalue weighted by Gasteiger charge is 2.46. The summed E-state index contributed by atoms with van der Waals surface area (Å²) in [4.78, 5) is 28.2. The summed E-state index contributed by atoms with van der Waals surface area (Å²) in [5.74, 6) is -1.32. The molecule has 31 heavy (non-hydrogen) atoms. The van der Waals surface area contributed by atoms with E-state index in [1.54, 1.807) is 60.7 Å². The molecule has 0 bridgehead atoms. The van der Waals surface area contributed by atoms with Gasteiger partial charge in [-0.05, 0) is 29.8 Å². The van der Waals surface area contributed by atoms with Crippen molar-refractivity contribution < 1.29 is 28.5 Å². The third-order valence-electron chi connectivity index (χ3n) is 4.49. The van der Waals surface area contributed by atoms with Crippen LogP contribution in [0.4, 0.5) is 0 Å². The van der Waals surface area contributed by atoms with Crippen molar-refractivity contribution in [3.8, 4) is 0 Å². The fourth-order valence-corrected chi connectivity index (χ4v) is 3.03. The van der Waals surface area contributed by atoms with E-state index in [1.807, 2.05) is 0 Å². The van der Waals surface area contributed by atoms with Crippen molar-refractivity contribution in [1.82, 2.24) is 0 Å². The van der Waals surface area contributed by atoms with Gasteiger partial charge in [0.1, 0.15) is 6.04 Å². The number of ether oxygens (including phenoxy) is 4. The van der Waals surface area contributed by atoms with Crippen molar-refractivity contribution in [2.24, 2.45) is 5.11 Å². The number of esters is 2. The van der Waals surface area contributed by atoms with Crippen LogP contribution in [0.1, 0.15) is 20.7 Å². The SMILES string of the molecule is C=CCO[C@@H]1OC[C@H](N=[N+]=[N-])[C@@H](OC(=O)c2ccccc2)C1OC(=O)c1ccccc1. The van der Waals surface area contributed by atoms with Gasteiger partial charge in [-0.1, -0.05) is 47.6 Å². The van der Waals surface area contributed by atoms with Crippen molar-refractivity contribution in [2.45, 2.75) is 24.5 Å². The van der Waals surface area contributed by atoms with E-state index >= 15 is 0 Å². The molecule has 1 fully saturated rings. The van der Waals surface area contributed by atoms with Crippen LogP contribution >= 0.6 is 0 Å². The first-order valence-electron chi connectivity index (χ1n) is 9.54. The molecule has 0 spiro atoms. The number of carbonyl (C=O) groups excluding carboxylic acids is 2. The lowest BCUT2D eigenvalue weighted by atomic mass is 10.0. The maximum absolute atomic E-state index is 12.7. The average molecular weight is 423 g/mol. The second-order valence-electron chi connectivity index (χ2n) is 6.57. The molecule has 0 aliphatic carbocycles. The Morgan fingerprint density at radius 1 is 1.03 bits per heavy atom. The third-order valence-corrected chi connectivity index (χ3v) is 4.49. The van der Waals surface area contributed by atoms with Crippen LogP contribution in [0, 0.1) is 0 Å². The zero-order chi connectivity index (χ0) is 22.1. The number of hydrogen-bond donors (Lipinski definition) is 0. The molecule has 0 radical (unpaired) electrons. The lowest BCUT2D eigenvalue weighted by molar-refractivity contribution is -0.243. The van der Waals surface area contributed by atoms with E-state index in [4.69, 9.17) is 24.5 Å². The number of carbonyl (C=O) groups is 2. The third kappa shape index (κ3) is 5.70. The van der Waals surface area contributed by atoms with Crippen LogP contribution in [0.3, 0.4) is 0 Å². The zero-order valence-corrected chi connectivity index (χ0v) is 16.6. The second-order valence-corrected chi connectivity index (χ2v) is 6.57. The van der Waals surface area contributed by atoms with Gasteiger partial charge in [0.25, 0.3) is 0 Å². The molecule has 0 N–H and O–H groups in total. The minimum atomic E-state index is -1.18.